The summed E-state index contributed by atoms with van der Waals surface area (Å²) in [7, 11) is -1.80. The van der Waals surface area contributed by atoms with Crippen LogP contribution in [0.5, 0.6) is 11.5 Å². The second kappa shape index (κ2) is 11.1. The summed E-state index contributed by atoms with van der Waals surface area (Å²) in [5, 5.41) is 14.4. The number of nitro groups is 1. The SMILES string of the molecule is CCc1cccc(C)c1NC(=O)CN(c1ccc(OC)cc1OC)S(=O)(=O)c1ccccc1[N+](=O)[O-]. The molecule has 0 saturated heterocycles. The van der Waals surface area contributed by atoms with Crippen LogP contribution in [0.3, 0.4) is 0 Å². The molecule has 11 heteroatoms. The van der Waals surface area contributed by atoms with E-state index in [1.54, 1.807) is 0 Å². The first-order chi connectivity index (χ1) is 17.1. The van der Waals surface area contributed by atoms with Crippen LogP contribution in [0.2, 0.25) is 0 Å². The molecule has 0 aliphatic carbocycles. The van der Waals surface area contributed by atoms with Crippen LogP contribution in [0.4, 0.5) is 17.1 Å². The molecule has 3 aromatic carbocycles. The van der Waals surface area contributed by atoms with E-state index in [2.05, 4.69) is 5.32 Å². The highest BCUT2D eigenvalue weighted by Crippen LogP contribution is 2.37. The van der Waals surface area contributed by atoms with Crippen LogP contribution in [0.1, 0.15) is 18.1 Å². The number of rotatable bonds is 10. The highest BCUT2D eigenvalue weighted by molar-refractivity contribution is 7.93. The minimum absolute atomic E-state index is 0.0205. The van der Waals surface area contributed by atoms with Crippen LogP contribution in [0, 0.1) is 17.0 Å². The zero-order valence-corrected chi connectivity index (χ0v) is 21.2. The van der Waals surface area contributed by atoms with E-state index in [4.69, 9.17) is 9.47 Å². The van der Waals surface area contributed by atoms with Crippen LogP contribution in [0.15, 0.2) is 65.6 Å². The number of ether oxygens (including phenoxy) is 2. The maximum absolute atomic E-state index is 13.8. The fraction of sp³-hybridized carbons (Fsp3) is 0.240. The molecule has 1 amide bonds. The van der Waals surface area contributed by atoms with Gasteiger partial charge in [-0.2, -0.15) is 0 Å². The molecule has 0 radical (unpaired) electrons. The smallest absolute Gasteiger partial charge is 0.289 e. The molecule has 190 valence electrons. The predicted octanol–water partition coefficient (Wildman–Crippen LogP) is 4.32. The Kier molecular flexibility index (Phi) is 8.15. The van der Waals surface area contributed by atoms with Crippen molar-refractivity contribution in [2.45, 2.75) is 25.2 Å². The molecule has 0 aliphatic heterocycles. The van der Waals surface area contributed by atoms with Gasteiger partial charge in [-0.3, -0.25) is 19.2 Å². The van der Waals surface area contributed by atoms with E-state index in [0.717, 1.165) is 27.6 Å². The highest BCUT2D eigenvalue weighted by Gasteiger charge is 2.34. The molecule has 0 heterocycles. The lowest BCUT2D eigenvalue weighted by atomic mass is 10.1. The van der Waals surface area contributed by atoms with Crippen molar-refractivity contribution >= 4 is 33.0 Å². The molecule has 0 atom stereocenters. The topological polar surface area (TPSA) is 128 Å². The second-order valence-electron chi connectivity index (χ2n) is 7.79. The largest absolute Gasteiger partial charge is 0.497 e. The van der Waals surface area contributed by atoms with E-state index in [1.165, 1.54) is 44.6 Å². The summed E-state index contributed by atoms with van der Waals surface area (Å²) in [6, 6.07) is 14.9. The molecule has 0 aliphatic rings. The number of hydrogen-bond donors (Lipinski definition) is 1. The Balaban J connectivity index is 2.13. The van der Waals surface area contributed by atoms with Crippen molar-refractivity contribution in [1.29, 1.82) is 0 Å². The fourth-order valence-electron chi connectivity index (χ4n) is 3.75. The van der Waals surface area contributed by atoms with Crippen LogP contribution < -0.4 is 19.1 Å². The number of hydrogen-bond acceptors (Lipinski definition) is 7. The van der Waals surface area contributed by atoms with E-state index >= 15 is 0 Å². The Hall–Kier alpha value is -4.12. The third-order valence-corrected chi connectivity index (χ3v) is 7.38. The zero-order valence-electron chi connectivity index (χ0n) is 20.3. The average Bonchev–Trinajstić information content (AvgIpc) is 2.88. The minimum Gasteiger partial charge on any atom is -0.497 e. The quantitative estimate of drug-likeness (QED) is 0.316. The van der Waals surface area contributed by atoms with E-state index in [-0.39, 0.29) is 11.4 Å². The lowest BCUT2D eigenvalue weighted by Crippen LogP contribution is -2.38. The molecule has 0 spiro atoms. The maximum atomic E-state index is 13.8. The molecule has 0 bridgehead atoms. The first kappa shape index (κ1) is 26.5. The Morgan fingerprint density at radius 1 is 1.06 bits per heavy atom. The molecule has 0 aromatic heterocycles. The number of amides is 1. The van der Waals surface area contributed by atoms with Crippen LogP contribution >= 0.6 is 0 Å². The van der Waals surface area contributed by atoms with Crippen molar-refractivity contribution in [3.63, 3.8) is 0 Å². The van der Waals surface area contributed by atoms with Gasteiger partial charge in [0.25, 0.3) is 15.7 Å². The number of para-hydroxylation sites is 2. The Morgan fingerprint density at radius 2 is 1.78 bits per heavy atom. The van der Waals surface area contributed by atoms with Crippen LogP contribution in [0.25, 0.3) is 0 Å². The van der Waals surface area contributed by atoms with Gasteiger partial charge in [-0.15, -0.1) is 0 Å². The van der Waals surface area contributed by atoms with Crippen molar-refractivity contribution in [2.75, 3.05) is 30.4 Å². The lowest BCUT2D eigenvalue weighted by Gasteiger charge is -2.26. The van der Waals surface area contributed by atoms with E-state index in [9.17, 15) is 23.3 Å². The predicted molar refractivity (Wildman–Crippen MR) is 136 cm³/mol. The number of anilines is 2. The zero-order chi connectivity index (χ0) is 26.5. The maximum Gasteiger partial charge on any atom is 0.289 e. The number of carbonyl (C=O) groups is 1. The summed E-state index contributed by atoms with van der Waals surface area (Å²) in [6.45, 7) is 3.12. The van der Waals surface area contributed by atoms with Crippen molar-refractivity contribution in [2.24, 2.45) is 0 Å². The van der Waals surface area contributed by atoms with Gasteiger partial charge in [0.1, 0.15) is 18.0 Å². The molecular weight excluding hydrogens is 486 g/mol. The van der Waals surface area contributed by atoms with E-state index < -0.39 is 38.0 Å². The summed E-state index contributed by atoms with van der Waals surface area (Å²) < 4.78 is 39.0. The molecular formula is C25H27N3O7S. The van der Waals surface area contributed by atoms with E-state index in [1.807, 2.05) is 32.0 Å². The highest BCUT2D eigenvalue weighted by atomic mass is 32.2. The normalized spacial score (nSPS) is 11.0. The van der Waals surface area contributed by atoms with Crippen molar-refractivity contribution in [3.05, 3.63) is 81.9 Å². The van der Waals surface area contributed by atoms with Gasteiger partial charge >= 0.3 is 0 Å². The number of methoxy groups -OCH3 is 2. The summed E-state index contributed by atoms with van der Waals surface area (Å²) in [6.07, 6.45) is 0.655. The van der Waals surface area contributed by atoms with Gasteiger partial charge in [-0.25, -0.2) is 8.42 Å². The number of sulfonamides is 1. The van der Waals surface area contributed by atoms with Gasteiger partial charge in [0.05, 0.1) is 24.8 Å². The van der Waals surface area contributed by atoms with Crippen LogP contribution in [-0.2, 0) is 21.2 Å². The third kappa shape index (κ3) is 5.41. The monoisotopic (exact) mass is 513 g/mol. The Morgan fingerprint density at radius 3 is 2.42 bits per heavy atom. The molecule has 0 saturated carbocycles. The summed E-state index contributed by atoms with van der Waals surface area (Å²) in [5.74, 6) is -0.121. The van der Waals surface area contributed by atoms with Gasteiger partial charge in [0.2, 0.25) is 5.91 Å². The first-order valence-electron chi connectivity index (χ1n) is 11.0. The number of aryl methyl sites for hydroxylation is 2. The standard InChI is InChI=1S/C25H27N3O7S/c1-5-18-10-8-9-17(2)25(18)26-24(29)16-27(20-14-13-19(34-3)15-22(20)35-4)36(32,33)23-12-7-6-11-21(23)28(30)31/h6-15H,5,16H2,1-4H3,(H,26,29). The number of carbonyl (C=O) groups excluding carboxylic acids is 1. The van der Waals surface area contributed by atoms with Gasteiger partial charge in [-0.05, 0) is 42.7 Å². The lowest BCUT2D eigenvalue weighted by molar-refractivity contribution is -0.387. The second-order valence-corrected chi connectivity index (χ2v) is 9.62. The molecule has 1 N–H and O–H groups in total. The summed E-state index contributed by atoms with van der Waals surface area (Å²) >= 11 is 0. The average molecular weight is 514 g/mol. The number of nitrogens with one attached hydrogen (secondary N) is 1. The van der Waals surface area contributed by atoms with Crippen LogP contribution in [-0.4, -0.2) is 40.0 Å². The molecule has 3 aromatic rings. The minimum atomic E-state index is -4.59. The first-order valence-corrected chi connectivity index (χ1v) is 12.4. The van der Waals surface area contributed by atoms with Gasteiger partial charge < -0.3 is 14.8 Å². The molecule has 0 unspecified atom stereocenters. The van der Waals surface area contributed by atoms with Gasteiger partial charge in [0.15, 0.2) is 4.90 Å². The summed E-state index contributed by atoms with van der Waals surface area (Å²) in [4.78, 5) is 23.5. The number of benzene rings is 3. The van der Waals surface area contributed by atoms with Gasteiger partial charge in [-0.1, -0.05) is 37.3 Å². The van der Waals surface area contributed by atoms with E-state index in [0.29, 0.717) is 17.9 Å². The fourth-order valence-corrected chi connectivity index (χ4v) is 5.34. The summed E-state index contributed by atoms with van der Waals surface area (Å²) in [5.41, 5.74) is 1.71. The Bertz CT molecular complexity index is 1390. The molecule has 0 fully saturated rings. The number of nitrogens with zero attached hydrogens (tertiary/aromatic N) is 2. The van der Waals surface area contributed by atoms with Crippen molar-refractivity contribution in [1.82, 2.24) is 0 Å². The third-order valence-electron chi connectivity index (χ3n) is 5.58. The molecule has 3 rings (SSSR count). The molecule has 10 nitrogen and oxygen atoms in total. The Labute approximate surface area is 209 Å². The van der Waals surface area contributed by atoms with Crippen molar-refractivity contribution in [3.8, 4) is 11.5 Å². The van der Waals surface area contributed by atoms with Crippen molar-refractivity contribution < 1.29 is 27.6 Å². The molecule has 36 heavy (non-hydrogen) atoms. The number of nitro benzene ring substituents is 1. The van der Waals surface area contributed by atoms with Gasteiger partial charge in [0, 0.05) is 17.8 Å².